The maximum atomic E-state index is 13.0. The van der Waals surface area contributed by atoms with Gasteiger partial charge in [0.25, 0.3) is 0 Å². The van der Waals surface area contributed by atoms with Crippen LogP contribution in [0.2, 0.25) is 5.02 Å². The third-order valence-corrected chi connectivity index (χ3v) is 8.25. The van der Waals surface area contributed by atoms with Crippen molar-refractivity contribution in [1.29, 1.82) is 0 Å². The number of nitrogen functional groups attached to an aromatic ring is 1. The summed E-state index contributed by atoms with van der Waals surface area (Å²) in [4.78, 5) is 0.605. The van der Waals surface area contributed by atoms with E-state index in [2.05, 4.69) is 0 Å². The lowest BCUT2D eigenvalue weighted by Gasteiger charge is -2.12. The number of anilines is 1. The van der Waals surface area contributed by atoms with Crippen molar-refractivity contribution in [2.45, 2.75) is 20.9 Å². The second-order valence-electron chi connectivity index (χ2n) is 5.50. The number of thioether (sulfide) groups is 1. The number of rotatable bonds is 4. The van der Waals surface area contributed by atoms with Crippen LogP contribution in [0.25, 0.3) is 11.1 Å². The van der Waals surface area contributed by atoms with Gasteiger partial charge in [-0.05, 0) is 60.0 Å². The van der Waals surface area contributed by atoms with Crippen LogP contribution in [0.15, 0.2) is 61.8 Å². The fourth-order valence-corrected chi connectivity index (χ4v) is 6.83. The van der Waals surface area contributed by atoms with Crippen molar-refractivity contribution in [2.24, 2.45) is 0 Å². The van der Waals surface area contributed by atoms with E-state index in [-0.39, 0.29) is 4.90 Å². The van der Waals surface area contributed by atoms with Gasteiger partial charge < -0.3 is 5.73 Å². The maximum Gasteiger partial charge on any atom is 0.208 e. The molecule has 2 aromatic carbocycles. The minimum atomic E-state index is -3.58. The van der Waals surface area contributed by atoms with Crippen LogP contribution >= 0.6 is 34.7 Å². The van der Waals surface area contributed by atoms with Crippen molar-refractivity contribution < 1.29 is 8.42 Å². The highest BCUT2D eigenvalue weighted by Crippen LogP contribution is 2.37. The molecule has 1 heterocycles. The highest BCUT2D eigenvalue weighted by atomic mass is 35.5. The van der Waals surface area contributed by atoms with Gasteiger partial charge in [0, 0.05) is 11.3 Å². The minimum absolute atomic E-state index is 0.256. The van der Waals surface area contributed by atoms with Gasteiger partial charge in [0.05, 0.1) is 19.0 Å². The van der Waals surface area contributed by atoms with Crippen molar-refractivity contribution in [3.8, 4) is 11.1 Å². The molecule has 0 bridgehead atoms. The lowest BCUT2D eigenvalue weighted by molar-refractivity contribution is 0.595. The van der Waals surface area contributed by atoms with E-state index >= 15 is 0 Å². The number of nitrogens with two attached hydrogens (primary N) is 1. The molecular weight excluding hydrogens is 394 g/mol. The number of benzene rings is 2. The lowest BCUT2D eigenvalue weighted by atomic mass is 10.00. The number of hydrogen-bond acceptors (Lipinski definition) is 5. The average Bonchev–Trinajstić information content (AvgIpc) is 3.03. The minimum Gasteiger partial charge on any atom is -0.399 e. The molecular formula is C18H16ClNO2S3. The molecule has 0 fully saturated rings. The van der Waals surface area contributed by atoms with E-state index in [0.29, 0.717) is 15.6 Å². The first-order chi connectivity index (χ1) is 11.8. The van der Waals surface area contributed by atoms with Gasteiger partial charge in [0.15, 0.2) is 0 Å². The van der Waals surface area contributed by atoms with Gasteiger partial charge in [-0.1, -0.05) is 23.7 Å². The summed E-state index contributed by atoms with van der Waals surface area (Å²) in [6.45, 7) is 1.91. The molecule has 0 amide bonds. The standard InChI is InChI=1S/C18H16ClNO2S3/c1-11-8-13(20)10-15(19)17(11)12-4-3-5-14(9-12)25(21,22)16-6-7-24-18(16)23-2/h3-10H,20H2,1-2H3. The SMILES string of the molecule is CSc1sccc1S(=O)(=O)c1cccc(-c2c(C)cc(N)cc2Cl)c1. The van der Waals surface area contributed by atoms with Gasteiger partial charge in [-0.25, -0.2) is 8.42 Å². The van der Waals surface area contributed by atoms with E-state index in [4.69, 9.17) is 17.3 Å². The summed E-state index contributed by atoms with van der Waals surface area (Å²) in [5, 5.41) is 2.30. The molecule has 0 saturated carbocycles. The van der Waals surface area contributed by atoms with Crippen LogP contribution in [0.4, 0.5) is 5.69 Å². The molecule has 0 unspecified atom stereocenters. The van der Waals surface area contributed by atoms with Gasteiger partial charge >= 0.3 is 0 Å². The molecule has 7 heteroatoms. The first kappa shape index (κ1) is 18.3. The topological polar surface area (TPSA) is 60.2 Å². The Balaban J connectivity index is 2.15. The number of thiophene rings is 1. The molecule has 3 rings (SSSR count). The summed E-state index contributed by atoms with van der Waals surface area (Å²) in [7, 11) is -3.58. The summed E-state index contributed by atoms with van der Waals surface area (Å²) >= 11 is 9.21. The number of hydrogen-bond donors (Lipinski definition) is 1. The third-order valence-electron chi connectivity index (χ3n) is 3.81. The summed E-state index contributed by atoms with van der Waals surface area (Å²) < 4.78 is 26.8. The fraction of sp³-hybridized carbons (Fsp3) is 0.111. The van der Waals surface area contributed by atoms with E-state index in [1.54, 1.807) is 35.7 Å². The average molecular weight is 410 g/mol. The summed E-state index contributed by atoms with van der Waals surface area (Å²) in [5.74, 6) is 0. The monoisotopic (exact) mass is 409 g/mol. The van der Waals surface area contributed by atoms with Crippen molar-refractivity contribution in [1.82, 2.24) is 0 Å². The Kier molecular flexibility index (Phi) is 5.16. The molecule has 0 spiro atoms. The van der Waals surface area contributed by atoms with E-state index in [9.17, 15) is 8.42 Å². The molecule has 0 aliphatic heterocycles. The summed E-state index contributed by atoms with van der Waals surface area (Å²) in [6, 6.07) is 12.0. The van der Waals surface area contributed by atoms with Crippen LogP contribution in [0, 0.1) is 6.92 Å². The van der Waals surface area contributed by atoms with Gasteiger partial charge in [-0.3, -0.25) is 0 Å². The summed E-state index contributed by atoms with van der Waals surface area (Å²) in [5.41, 5.74) is 8.85. The molecule has 3 nitrogen and oxygen atoms in total. The van der Waals surface area contributed by atoms with Crippen molar-refractivity contribution in [2.75, 3.05) is 12.0 Å². The predicted molar refractivity (Wildman–Crippen MR) is 108 cm³/mol. The maximum absolute atomic E-state index is 13.0. The van der Waals surface area contributed by atoms with Crippen LogP contribution in [0.1, 0.15) is 5.56 Å². The van der Waals surface area contributed by atoms with Crippen LogP contribution in [0.3, 0.4) is 0 Å². The Hall–Kier alpha value is -1.47. The molecule has 0 aliphatic carbocycles. The van der Waals surface area contributed by atoms with Crippen molar-refractivity contribution in [3.63, 3.8) is 0 Å². The highest BCUT2D eigenvalue weighted by Gasteiger charge is 2.23. The third kappa shape index (κ3) is 3.44. The van der Waals surface area contributed by atoms with Crippen molar-refractivity contribution >= 4 is 50.2 Å². The first-order valence-corrected chi connectivity index (χ1v) is 11.3. The van der Waals surface area contributed by atoms with Crippen LogP contribution in [-0.2, 0) is 9.84 Å². The molecule has 130 valence electrons. The van der Waals surface area contributed by atoms with Crippen LogP contribution < -0.4 is 5.73 Å². The number of sulfone groups is 1. The Morgan fingerprint density at radius 3 is 2.60 bits per heavy atom. The molecule has 25 heavy (non-hydrogen) atoms. The second-order valence-corrected chi connectivity index (χ2v) is 9.82. The van der Waals surface area contributed by atoms with E-state index in [1.165, 1.54) is 23.1 Å². The van der Waals surface area contributed by atoms with E-state index in [1.807, 2.05) is 25.3 Å². The zero-order chi connectivity index (χ0) is 18.2. The Morgan fingerprint density at radius 2 is 1.92 bits per heavy atom. The number of halogens is 1. The van der Waals surface area contributed by atoms with Gasteiger partial charge in [-0.15, -0.1) is 23.1 Å². The smallest absolute Gasteiger partial charge is 0.208 e. The van der Waals surface area contributed by atoms with Crippen molar-refractivity contribution in [3.05, 3.63) is 58.4 Å². The predicted octanol–water partition coefficient (Wildman–Crippen LogP) is 5.51. The first-order valence-electron chi connectivity index (χ1n) is 7.37. The molecule has 2 N–H and O–H groups in total. The molecule has 0 radical (unpaired) electrons. The Morgan fingerprint density at radius 1 is 1.16 bits per heavy atom. The molecule has 0 aliphatic rings. The van der Waals surface area contributed by atoms with E-state index in [0.717, 1.165) is 20.9 Å². The Labute approximate surface area is 160 Å². The van der Waals surface area contributed by atoms with E-state index < -0.39 is 9.84 Å². The quantitative estimate of drug-likeness (QED) is 0.455. The van der Waals surface area contributed by atoms with Gasteiger partial charge in [0.1, 0.15) is 0 Å². The molecule has 3 aromatic rings. The molecule has 1 aromatic heterocycles. The lowest BCUT2D eigenvalue weighted by Crippen LogP contribution is -2.02. The van der Waals surface area contributed by atoms with Crippen LogP contribution in [-0.4, -0.2) is 14.7 Å². The largest absolute Gasteiger partial charge is 0.399 e. The number of aryl methyl sites for hydroxylation is 1. The zero-order valence-corrected chi connectivity index (χ0v) is 16.8. The molecule has 0 atom stereocenters. The van der Waals surface area contributed by atoms with Gasteiger partial charge in [-0.2, -0.15) is 0 Å². The zero-order valence-electron chi connectivity index (χ0n) is 13.6. The Bertz CT molecular complexity index is 1020. The normalized spacial score (nSPS) is 11.6. The fourth-order valence-electron chi connectivity index (χ4n) is 2.71. The second kappa shape index (κ2) is 7.03. The summed E-state index contributed by atoms with van der Waals surface area (Å²) in [6.07, 6.45) is 1.87. The van der Waals surface area contributed by atoms with Gasteiger partial charge in [0.2, 0.25) is 9.84 Å². The highest BCUT2D eigenvalue weighted by molar-refractivity contribution is 8.01. The van der Waals surface area contributed by atoms with Crippen LogP contribution in [0.5, 0.6) is 0 Å². The molecule has 0 saturated heterocycles.